The first kappa shape index (κ1) is 12.7. The molecule has 0 spiro atoms. The van der Waals surface area contributed by atoms with E-state index in [9.17, 15) is 4.39 Å². The van der Waals surface area contributed by atoms with Crippen molar-refractivity contribution in [2.24, 2.45) is 0 Å². The summed E-state index contributed by atoms with van der Waals surface area (Å²) < 4.78 is 24.4. The first-order valence-corrected chi connectivity index (χ1v) is 5.93. The molecule has 0 N–H and O–H groups in total. The third-order valence-electron chi connectivity index (χ3n) is 2.44. The second kappa shape index (κ2) is 5.74. The summed E-state index contributed by atoms with van der Waals surface area (Å²) in [6.07, 6.45) is 0. The van der Waals surface area contributed by atoms with Gasteiger partial charge in [0.15, 0.2) is 23.1 Å². The molecule has 2 rings (SSSR count). The quantitative estimate of drug-likeness (QED) is 0.765. The van der Waals surface area contributed by atoms with E-state index in [1.807, 2.05) is 6.07 Å². The molecule has 0 bridgehead atoms. The highest BCUT2D eigenvalue weighted by molar-refractivity contribution is 6.17. The molecule has 2 aromatic carbocycles. The summed E-state index contributed by atoms with van der Waals surface area (Å²) >= 11 is 5.63. The van der Waals surface area contributed by atoms with Gasteiger partial charge in [0.1, 0.15) is 0 Å². The van der Waals surface area contributed by atoms with Gasteiger partial charge < -0.3 is 9.47 Å². The molecule has 0 saturated heterocycles. The van der Waals surface area contributed by atoms with E-state index in [1.54, 1.807) is 30.3 Å². The van der Waals surface area contributed by atoms with Crippen molar-refractivity contribution in [1.29, 1.82) is 0 Å². The zero-order chi connectivity index (χ0) is 13.0. The van der Waals surface area contributed by atoms with Crippen LogP contribution in [0.15, 0.2) is 42.5 Å². The summed E-state index contributed by atoms with van der Waals surface area (Å²) in [6, 6.07) is 11.7. The molecule has 0 aliphatic carbocycles. The van der Waals surface area contributed by atoms with Crippen LogP contribution >= 0.6 is 11.6 Å². The molecular weight excluding hydrogens is 255 g/mol. The lowest BCUT2D eigenvalue weighted by Crippen LogP contribution is -1.93. The Morgan fingerprint density at radius 1 is 1.06 bits per heavy atom. The average Bonchev–Trinajstić information content (AvgIpc) is 2.41. The molecule has 94 valence electrons. The van der Waals surface area contributed by atoms with Crippen molar-refractivity contribution in [1.82, 2.24) is 0 Å². The monoisotopic (exact) mass is 266 g/mol. The largest absolute Gasteiger partial charge is 0.493 e. The predicted octanol–water partition coefficient (Wildman–Crippen LogP) is 4.37. The molecule has 0 saturated carbocycles. The average molecular weight is 267 g/mol. The summed E-state index contributed by atoms with van der Waals surface area (Å²) in [4.78, 5) is 0. The molecule has 0 radical (unpaired) electrons. The van der Waals surface area contributed by atoms with Crippen molar-refractivity contribution >= 4 is 11.6 Å². The van der Waals surface area contributed by atoms with E-state index in [0.29, 0.717) is 17.1 Å². The molecule has 2 nitrogen and oxygen atoms in total. The van der Waals surface area contributed by atoms with Gasteiger partial charge in [-0.3, -0.25) is 0 Å². The fourth-order valence-corrected chi connectivity index (χ4v) is 1.70. The van der Waals surface area contributed by atoms with E-state index in [2.05, 4.69) is 0 Å². The molecule has 0 aliphatic heterocycles. The third kappa shape index (κ3) is 2.74. The van der Waals surface area contributed by atoms with Crippen LogP contribution in [-0.4, -0.2) is 7.11 Å². The molecule has 0 heterocycles. The van der Waals surface area contributed by atoms with Gasteiger partial charge in [-0.15, -0.1) is 11.6 Å². The maximum Gasteiger partial charge on any atom is 0.169 e. The second-order valence-electron chi connectivity index (χ2n) is 3.65. The number of halogens is 2. The van der Waals surface area contributed by atoms with Crippen molar-refractivity contribution in [2.75, 3.05) is 7.11 Å². The first-order valence-electron chi connectivity index (χ1n) is 5.40. The maximum atomic E-state index is 13.7. The molecule has 0 aromatic heterocycles. The van der Waals surface area contributed by atoms with Gasteiger partial charge >= 0.3 is 0 Å². The molecule has 0 amide bonds. The number of benzene rings is 2. The van der Waals surface area contributed by atoms with Crippen molar-refractivity contribution in [3.8, 4) is 17.2 Å². The fourth-order valence-electron chi connectivity index (χ4n) is 1.53. The van der Waals surface area contributed by atoms with Crippen LogP contribution in [0, 0.1) is 5.82 Å². The molecule has 0 aliphatic rings. The molecule has 0 fully saturated rings. The number of alkyl halides is 1. The van der Waals surface area contributed by atoms with Gasteiger partial charge in [-0.1, -0.05) is 18.2 Å². The van der Waals surface area contributed by atoms with Crippen molar-refractivity contribution in [3.63, 3.8) is 0 Å². The first-order chi connectivity index (χ1) is 8.74. The Kier molecular flexibility index (Phi) is 4.05. The minimum Gasteiger partial charge on any atom is -0.493 e. The molecule has 0 unspecified atom stereocenters. The summed E-state index contributed by atoms with van der Waals surface area (Å²) in [6.45, 7) is 0. The van der Waals surface area contributed by atoms with Gasteiger partial charge in [0, 0.05) is 5.88 Å². The maximum absolute atomic E-state index is 13.7. The highest BCUT2D eigenvalue weighted by atomic mass is 35.5. The van der Waals surface area contributed by atoms with Crippen LogP contribution in [0.25, 0.3) is 0 Å². The van der Waals surface area contributed by atoms with Crippen LogP contribution in [0.2, 0.25) is 0 Å². The lowest BCUT2D eigenvalue weighted by molar-refractivity contribution is 0.371. The molecule has 2 aromatic rings. The van der Waals surface area contributed by atoms with Gasteiger partial charge in [0.2, 0.25) is 0 Å². The Morgan fingerprint density at radius 2 is 1.78 bits per heavy atom. The minimum absolute atomic E-state index is 0.147. The van der Waals surface area contributed by atoms with Crippen LogP contribution in [0.5, 0.6) is 17.2 Å². The lowest BCUT2D eigenvalue weighted by atomic mass is 10.2. The van der Waals surface area contributed by atoms with E-state index >= 15 is 0 Å². The highest BCUT2D eigenvalue weighted by Gasteiger charge is 2.09. The summed E-state index contributed by atoms with van der Waals surface area (Å²) in [5, 5.41) is 0. The fraction of sp³-hybridized carbons (Fsp3) is 0.143. The van der Waals surface area contributed by atoms with Crippen LogP contribution < -0.4 is 9.47 Å². The SMILES string of the molecule is COc1ccccc1Oc1ccc(CCl)cc1F. The lowest BCUT2D eigenvalue weighted by Gasteiger charge is -2.10. The van der Waals surface area contributed by atoms with Gasteiger partial charge in [0.05, 0.1) is 7.11 Å². The van der Waals surface area contributed by atoms with Gasteiger partial charge in [-0.25, -0.2) is 4.39 Å². The Labute approximate surface area is 110 Å². The molecule has 4 heteroatoms. The number of hydrogen-bond acceptors (Lipinski definition) is 2. The van der Waals surface area contributed by atoms with Crippen molar-refractivity contribution < 1.29 is 13.9 Å². The Bertz CT molecular complexity index is 543. The standard InChI is InChI=1S/C14H12ClFO2/c1-17-13-4-2-3-5-14(13)18-12-7-6-10(9-15)8-11(12)16/h2-8H,9H2,1H3. The Hall–Kier alpha value is -1.74. The van der Waals surface area contributed by atoms with Gasteiger partial charge in [-0.05, 0) is 29.8 Å². The number of para-hydroxylation sites is 2. The number of ether oxygens (including phenoxy) is 2. The molecular formula is C14H12ClFO2. The topological polar surface area (TPSA) is 18.5 Å². The zero-order valence-electron chi connectivity index (χ0n) is 9.82. The van der Waals surface area contributed by atoms with Gasteiger partial charge in [0.25, 0.3) is 0 Å². The van der Waals surface area contributed by atoms with Crippen molar-refractivity contribution in [2.45, 2.75) is 5.88 Å². The van der Waals surface area contributed by atoms with E-state index < -0.39 is 5.82 Å². The second-order valence-corrected chi connectivity index (χ2v) is 3.92. The Morgan fingerprint density at radius 3 is 2.39 bits per heavy atom. The molecule has 0 atom stereocenters. The predicted molar refractivity (Wildman–Crippen MR) is 69.0 cm³/mol. The molecule has 18 heavy (non-hydrogen) atoms. The number of methoxy groups -OCH3 is 1. The van der Waals surface area contributed by atoms with Gasteiger partial charge in [-0.2, -0.15) is 0 Å². The minimum atomic E-state index is -0.445. The normalized spacial score (nSPS) is 10.2. The Balaban J connectivity index is 2.28. The van der Waals surface area contributed by atoms with E-state index in [4.69, 9.17) is 21.1 Å². The van der Waals surface area contributed by atoms with Crippen LogP contribution in [0.1, 0.15) is 5.56 Å². The summed E-state index contributed by atoms with van der Waals surface area (Å²) in [5.41, 5.74) is 0.710. The number of rotatable bonds is 4. The van der Waals surface area contributed by atoms with Crippen LogP contribution in [-0.2, 0) is 5.88 Å². The van der Waals surface area contributed by atoms with E-state index in [-0.39, 0.29) is 11.6 Å². The summed E-state index contributed by atoms with van der Waals surface area (Å²) in [7, 11) is 1.54. The zero-order valence-corrected chi connectivity index (χ0v) is 10.6. The van der Waals surface area contributed by atoms with Crippen LogP contribution in [0.3, 0.4) is 0 Å². The highest BCUT2D eigenvalue weighted by Crippen LogP contribution is 2.32. The van der Waals surface area contributed by atoms with Crippen molar-refractivity contribution in [3.05, 3.63) is 53.8 Å². The summed E-state index contributed by atoms with van der Waals surface area (Å²) in [5.74, 6) is 0.995. The van der Waals surface area contributed by atoms with E-state index in [1.165, 1.54) is 13.2 Å². The number of hydrogen-bond donors (Lipinski definition) is 0. The third-order valence-corrected chi connectivity index (χ3v) is 2.75. The van der Waals surface area contributed by atoms with E-state index in [0.717, 1.165) is 0 Å². The smallest absolute Gasteiger partial charge is 0.169 e. The van der Waals surface area contributed by atoms with Crippen LogP contribution in [0.4, 0.5) is 4.39 Å².